The molecule has 0 aliphatic carbocycles. The van der Waals surface area contributed by atoms with Gasteiger partial charge in [-0.25, -0.2) is 0 Å². The lowest BCUT2D eigenvalue weighted by Crippen LogP contribution is -2.20. The zero-order chi connectivity index (χ0) is 13.2. The normalized spacial score (nSPS) is 13.8. The summed E-state index contributed by atoms with van der Waals surface area (Å²) in [7, 11) is 0. The van der Waals surface area contributed by atoms with Crippen LogP contribution in [0.4, 0.5) is 0 Å². The molecule has 0 aromatic carbocycles. The van der Waals surface area contributed by atoms with Crippen LogP contribution >= 0.6 is 11.3 Å². The summed E-state index contributed by atoms with van der Waals surface area (Å²) in [6.45, 7) is 9.83. The number of hydrogen-bond acceptors (Lipinski definition) is 3. The average Bonchev–Trinajstić information content (AvgIpc) is 2.96. The molecule has 2 nitrogen and oxygen atoms in total. The van der Waals surface area contributed by atoms with E-state index in [1.54, 1.807) is 6.26 Å². The summed E-state index contributed by atoms with van der Waals surface area (Å²) in [4.78, 5) is 2.77. The van der Waals surface area contributed by atoms with E-state index in [1.807, 2.05) is 23.7 Å². The molecule has 2 rings (SSSR count). The lowest BCUT2D eigenvalue weighted by molar-refractivity contribution is 0.554. The molecule has 1 atom stereocenters. The van der Waals surface area contributed by atoms with Crippen LogP contribution in [-0.2, 0) is 5.41 Å². The third kappa shape index (κ3) is 2.85. The van der Waals surface area contributed by atoms with Gasteiger partial charge >= 0.3 is 0 Å². The molecule has 0 aliphatic rings. The van der Waals surface area contributed by atoms with Gasteiger partial charge in [-0.15, -0.1) is 11.3 Å². The third-order valence-corrected chi connectivity index (χ3v) is 4.51. The summed E-state index contributed by atoms with van der Waals surface area (Å²) in [6.07, 6.45) is 3.56. The van der Waals surface area contributed by atoms with Gasteiger partial charge in [0.25, 0.3) is 0 Å². The first kappa shape index (κ1) is 13.4. The monoisotopic (exact) mass is 263 g/mol. The molecule has 0 aliphatic heterocycles. The maximum atomic E-state index is 5.20. The van der Waals surface area contributed by atoms with Gasteiger partial charge in [0.15, 0.2) is 0 Å². The molecule has 2 aromatic rings. The van der Waals surface area contributed by atoms with Gasteiger partial charge in [-0.2, -0.15) is 0 Å². The molecule has 0 saturated heterocycles. The molecule has 2 aromatic heterocycles. The summed E-state index contributed by atoms with van der Waals surface area (Å²) >= 11 is 1.88. The van der Waals surface area contributed by atoms with Crippen molar-refractivity contribution in [2.24, 2.45) is 0 Å². The molecule has 0 spiro atoms. The topological polar surface area (TPSA) is 25.2 Å². The maximum Gasteiger partial charge on any atom is 0.0954 e. The second kappa shape index (κ2) is 5.29. The molecule has 0 saturated carbocycles. The smallest absolute Gasteiger partial charge is 0.0954 e. The molecule has 2 heterocycles. The predicted molar refractivity (Wildman–Crippen MR) is 77.2 cm³/mol. The van der Waals surface area contributed by atoms with Crippen LogP contribution in [0, 0.1) is 0 Å². The molecule has 0 amide bonds. The van der Waals surface area contributed by atoms with Crippen molar-refractivity contribution in [2.75, 3.05) is 6.54 Å². The first-order valence-electron chi connectivity index (χ1n) is 6.38. The zero-order valence-electron chi connectivity index (χ0n) is 11.5. The zero-order valence-corrected chi connectivity index (χ0v) is 12.3. The highest BCUT2D eigenvalue weighted by molar-refractivity contribution is 7.12. The van der Waals surface area contributed by atoms with Crippen molar-refractivity contribution in [2.45, 2.75) is 39.2 Å². The first-order valence-corrected chi connectivity index (χ1v) is 7.19. The van der Waals surface area contributed by atoms with Crippen molar-refractivity contribution in [3.8, 4) is 0 Å². The van der Waals surface area contributed by atoms with Crippen LogP contribution in [0.2, 0.25) is 0 Å². The standard InChI is InChI=1S/C15H21NOS/c1-5-16-14(11-8-9-17-10-11)12-6-7-13(18-12)15(2,3)4/h6-10,14,16H,5H2,1-4H3. The van der Waals surface area contributed by atoms with E-state index in [1.165, 1.54) is 15.3 Å². The third-order valence-electron chi connectivity index (χ3n) is 2.94. The molecule has 3 heteroatoms. The highest BCUT2D eigenvalue weighted by Crippen LogP contribution is 2.34. The van der Waals surface area contributed by atoms with Crippen molar-refractivity contribution in [3.05, 3.63) is 46.0 Å². The molecule has 0 bridgehead atoms. The van der Waals surface area contributed by atoms with Gasteiger partial charge in [-0.3, -0.25) is 0 Å². The van der Waals surface area contributed by atoms with Crippen LogP contribution in [0.5, 0.6) is 0 Å². The summed E-state index contributed by atoms with van der Waals surface area (Å²) in [5.74, 6) is 0. The summed E-state index contributed by atoms with van der Waals surface area (Å²) < 4.78 is 5.20. The minimum Gasteiger partial charge on any atom is -0.472 e. The van der Waals surface area contributed by atoms with Gasteiger partial charge < -0.3 is 9.73 Å². The van der Waals surface area contributed by atoms with Crippen molar-refractivity contribution in [1.29, 1.82) is 0 Å². The second-order valence-electron chi connectivity index (χ2n) is 5.50. The van der Waals surface area contributed by atoms with Gasteiger partial charge in [-0.1, -0.05) is 27.7 Å². The van der Waals surface area contributed by atoms with Crippen LogP contribution in [-0.4, -0.2) is 6.54 Å². The number of furan rings is 1. The van der Waals surface area contributed by atoms with Gasteiger partial charge in [0.2, 0.25) is 0 Å². The van der Waals surface area contributed by atoms with E-state index < -0.39 is 0 Å². The highest BCUT2D eigenvalue weighted by Gasteiger charge is 2.20. The summed E-state index contributed by atoms with van der Waals surface area (Å²) in [5, 5.41) is 3.52. The highest BCUT2D eigenvalue weighted by atomic mass is 32.1. The molecular formula is C15H21NOS. The summed E-state index contributed by atoms with van der Waals surface area (Å²) in [5.41, 5.74) is 1.41. The molecule has 1 N–H and O–H groups in total. The Kier molecular flexibility index (Phi) is 3.93. The Morgan fingerprint density at radius 3 is 2.56 bits per heavy atom. The molecule has 98 valence electrons. The minimum absolute atomic E-state index is 0.218. The Bertz CT molecular complexity index is 479. The Balaban J connectivity index is 2.29. The van der Waals surface area contributed by atoms with Crippen molar-refractivity contribution in [1.82, 2.24) is 5.32 Å². The molecular weight excluding hydrogens is 242 g/mol. The van der Waals surface area contributed by atoms with E-state index in [0.29, 0.717) is 0 Å². The van der Waals surface area contributed by atoms with Gasteiger partial charge in [0.1, 0.15) is 0 Å². The lowest BCUT2D eigenvalue weighted by atomic mass is 9.95. The molecule has 0 fully saturated rings. The van der Waals surface area contributed by atoms with Crippen LogP contribution in [0.25, 0.3) is 0 Å². The SMILES string of the molecule is CCNC(c1ccoc1)c1ccc(C(C)(C)C)s1. The van der Waals surface area contributed by atoms with Crippen molar-refractivity contribution in [3.63, 3.8) is 0 Å². The second-order valence-corrected chi connectivity index (χ2v) is 6.61. The fraction of sp³-hybridized carbons (Fsp3) is 0.467. The largest absolute Gasteiger partial charge is 0.472 e. The van der Waals surface area contributed by atoms with Gasteiger partial charge in [0.05, 0.1) is 18.6 Å². The van der Waals surface area contributed by atoms with Crippen LogP contribution in [0.15, 0.2) is 35.1 Å². The molecule has 18 heavy (non-hydrogen) atoms. The van der Waals surface area contributed by atoms with E-state index in [-0.39, 0.29) is 11.5 Å². The van der Waals surface area contributed by atoms with E-state index in [9.17, 15) is 0 Å². The lowest BCUT2D eigenvalue weighted by Gasteiger charge is -2.17. The van der Waals surface area contributed by atoms with Crippen molar-refractivity contribution >= 4 is 11.3 Å². The first-order chi connectivity index (χ1) is 8.52. The number of hydrogen-bond donors (Lipinski definition) is 1. The Labute approximate surface area is 113 Å². The van der Waals surface area contributed by atoms with E-state index in [2.05, 4.69) is 45.1 Å². The van der Waals surface area contributed by atoms with Crippen LogP contribution in [0.1, 0.15) is 49.1 Å². The fourth-order valence-electron chi connectivity index (χ4n) is 1.94. The Morgan fingerprint density at radius 1 is 1.28 bits per heavy atom. The fourth-order valence-corrected chi connectivity index (χ4v) is 3.11. The van der Waals surface area contributed by atoms with E-state index >= 15 is 0 Å². The predicted octanol–water partition coefficient (Wildman–Crippen LogP) is 4.34. The maximum absolute atomic E-state index is 5.20. The van der Waals surface area contributed by atoms with Gasteiger partial charge in [-0.05, 0) is 30.2 Å². The number of thiophene rings is 1. The van der Waals surface area contributed by atoms with Crippen LogP contribution < -0.4 is 5.32 Å². The quantitative estimate of drug-likeness (QED) is 0.887. The molecule has 0 radical (unpaired) electrons. The van der Waals surface area contributed by atoms with E-state index in [0.717, 1.165) is 6.54 Å². The summed E-state index contributed by atoms with van der Waals surface area (Å²) in [6, 6.07) is 6.75. The van der Waals surface area contributed by atoms with Crippen LogP contribution in [0.3, 0.4) is 0 Å². The Morgan fingerprint density at radius 2 is 2.06 bits per heavy atom. The van der Waals surface area contributed by atoms with Crippen molar-refractivity contribution < 1.29 is 4.42 Å². The van der Waals surface area contributed by atoms with E-state index in [4.69, 9.17) is 4.42 Å². The number of nitrogens with one attached hydrogen (secondary N) is 1. The molecule has 1 unspecified atom stereocenters. The minimum atomic E-state index is 0.218. The number of rotatable bonds is 4. The Hall–Kier alpha value is -1.06. The average molecular weight is 263 g/mol. The van der Waals surface area contributed by atoms with Gasteiger partial charge in [0, 0.05) is 15.3 Å².